The van der Waals surface area contributed by atoms with Crippen LogP contribution in [0.15, 0.2) is 12.1 Å². The van der Waals surface area contributed by atoms with Crippen LogP contribution in [0.3, 0.4) is 0 Å². The average molecular weight is 232 g/mol. The Morgan fingerprint density at radius 3 is 2.60 bits per heavy atom. The van der Waals surface area contributed by atoms with Gasteiger partial charge >= 0.3 is 0 Å². The van der Waals surface area contributed by atoms with Crippen LogP contribution < -0.4 is 5.73 Å². The van der Waals surface area contributed by atoms with Gasteiger partial charge in [-0.3, -0.25) is 0 Å². The van der Waals surface area contributed by atoms with E-state index in [-0.39, 0.29) is 24.2 Å². The molecule has 1 aliphatic carbocycles. The second-order valence-electron chi connectivity index (χ2n) is 4.00. The van der Waals surface area contributed by atoms with Gasteiger partial charge in [-0.1, -0.05) is 12.1 Å². The number of halogens is 2. The maximum atomic E-state index is 13.3. The normalized spacial score (nSPS) is 17.0. The molecule has 0 aromatic heterocycles. The Balaban J connectivity index is 0.00000112. The van der Waals surface area contributed by atoms with Crippen LogP contribution in [0.1, 0.15) is 30.0 Å². The van der Waals surface area contributed by atoms with Crippen molar-refractivity contribution < 1.29 is 9.50 Å². The second kappa shape index (κ2) is 4.37. The molecule has 0 aliphatic heterocycles. The first-order chi connectivity index (χ1) is 6.61. The van der Waals surface area contributed by atoms with Gasteiger partial charge in [0.2, 0.25) is 0 Å². The maximum Gasteiger partial charge on any atom is 0.168 e. The van der Waals surface area contributed by atoms with Gasteiger partial charge in [-0.15, -0.1) is 12.4 Å². The quantitative estimate of drug-likeness (QED) is 0.822. The number of phenolic OH excluding ortho intramolecular Hbond substituents is 1. The van der Waals surface area contributed by atoms with Gasteiger partial charge in [0.05, 0.1) is 0 Å². The highest BCUT2D eigenvalue weighted by atomic mass is 35.5. The Labute approximate surface area is 94.7 Å². The summed E-state index contributed by atoms with van der Waals surface area (Å²) in [6.45, 7) is 1.63. The van der Waals surface area contributed by atoms with E-state index in [4.69, 9.17) is 5.73 Å². The van der Waals surface area contributed by atoms with Crippen molar-refractivity contribution in [3.63, 3.8) is 0 Å². The Hall–Kier alpha value is -0.800. The number of hydrogen-bond acceptors (Lipinski definition) is 2. The summed E-state index contributed by atoms with van der Waals surface area (Å²) in [6, 6.07) is 3.16. The van der Waals surface area contributed by atoms with Crippen molar-refractivity contribution in [2.45, 2.75) is 25.8 Å². The molecule has 1 aromatic carbocycles. The van der Waals surface area contributed by atoms with E-state index < -0.39 is 5.82 Å². The Morgan fingerprint density at radius 2 is 2.07 bits per heavy atom. The van der Waals surface area contributed by atoms with Crippen molar-refractivity contribution >= 4 is 12.4 Å². The molecule has 0 saturated heterocycles. The summed E-state index contributed by atoms with van der Waals surface area (Å²) in [5.74, 6) is -0.397. The van der Waals surface area contributed by atoms with Crippen molar-refractivity contribution in [3.8, 4) is 5.75 Å². The van der Waals surface area contributed by atoms with E-state index in [1.165, 1.54) is 0 Å². The summed E-state index contributed by atoms with van der Waals surface area (Å²) < 4.78 is 13.3. The second-order valence-corrected chi connectivity index (χ2v) is 4.00. The van der Waals surface area contributed by atoms with Crippen LogP contribution in [0, 0.1) is 18.7 Å². The molecule has 84 valence electrons. The topological polar surface area (TPSA) is 46.2 Å². The molecule has 1 fully saturated rings. The van der Waals surface area contributed by atoms with Crippen LogP contribution in [0.2, 0.25) is 0 Å². The Bertz CT molecular complexity index is 366. The number of nitrogens with two attached hydrogens (primary N) is 1. The highest BCUT2D eigenvalue weighted by Crippen LogP contribution is 2.42. The third-order valence-corrected chi connectivity index (χ3v) is 2.83. The van der Waals surface area contributed by atoms with Crippen molar-refractivity contribution in [1.29, 1.82) is 0 Å². The van der Waals surface area contributed by atoms with Crippen molar-refractivity contribution in [3.05, 3.63) is 29.1 Å². The predicted octanol–water partition coefficient (Wildman–Crippen LogP) is 2.67. The molecule has 0 radical (unpaired) electrons. The van der Waals surface area contributed by atoms with Crippen LogP contribution in [-0.4, -0.2) is 5.11 Å². The fraction of sp³-hybridized carbons (Fsp3) is 0.455. The van der Waals surface area contributed by atoms with Crippen molar-refractivity contribution in [2.24, 2.45) is 11.7 Å². The van der Waals surface area contributed by atoms with E-state index in [0.29, 0.717) is 17.0 Å². The largest absolute Gasteiger partial charge is 0.505 e. The molecule has 2 rings (SSSR count). The van der Waals surface area contributed by atoms with E-state index in [1.807, 2.05) is 0 Å². The Kier molecular flexibility index (Phi) is 3.58. The van der Waals surface area contributed by atoms with Gasteiger partial charge in [0.1, 0.15) is 0 Å². The minimum Gasteiger partial charge on any atom is -0.505 e. The Morgan fingerprint density at radius 1 is 1.47 bits per heavy atom. The summed E-state index contributed by atoms with van der Waals surface area (Å²) in [7, 11) is 0. The van der Waals surface area contributed by atoms with E-state index in [2.05, 4.69) is 0 Å². The lowest BCUT2D eigenvalue weighted by Gasteiger charge is -2.13. The van der Waals surface area contributed by atoms with E-state index in [1.54, 1.807) is 19.1 Å². The predicted molar refractivity (Wildman–Crippen MR) is 59.7 cm³/mol. The standard InChI is InChI=1S/C11H14FNO.ClH/c1-6-2-5-8(11(14)9(6)12)10(13)7-3-4-7;/h2,5,7,10,14H,3-4,13H2,1H3;1H/t10-;/m0./s1. The zero-order valence-corrected chi connectivity index (χ0v) is 9.35. The third-order valence-electron chi connectivity index (χ3n) is 2.83. The molecule has 1 saturated carbocycles. The fourth-order valence-electron chi connectivity index (χ4n) is 1.66. The number of phenols is 1. The summed E-state index contributed by atoms with van der Waals surface area (Å²) in [5.41, 5.74) is 6.88. The van der Waals surface area contributed by atoms with E-state index in [0.717, 1.165) is 12.8 Å². The summed E-state index contributed by atoms with van der Waals surface area (Å²) in [4.78, 5) is 0. The average Bonchev–Trinajstić information content (AvgIpc) is 2.97. The van der Waals surface area contributed by atoms with Gasteiger partial charge in [0, 0.05) is 11.6 Å². The van der Waals surface area contributed by atoms with Crippen LogP contribution in [0.5, 0.6) is 5.75 Å². The van der Waals surface area contributed by atoms with Crippen molar-refractivity contribution in [2.75, 3.05) is 0 Å². The highest BCUT2D eigenvalue weighted by Gasteiger charge is 2.31. The molecule has 2 nitrogen and oxygen atoms in total. The maximum absolute atomic E-state index is 13.3. The molecule has 3 N–H and O–H groups in total. The molecular weight excluding hydrogens is 217 g/mol. The number of aromatic hydroxyl groups is 1. The molecule has 0 amide bonds. The van der Waals surface area contributed by atoms with Crippen LogP contribution in [0.25, 0.3) is 0 Å². The summed E-state index contributed by atoms with van der Waals surface area (Å²) in [5, 5.41) is 9.57. The first-order valence-corrected chi connectivity index (χ1v) is 4.85. The van der Waals surface area contributed by atoms with Gasteiger partial charge < -0.3 is 10.8 Å². The SMILES string of the molecule is Cc1ccc([C@@H](N)C2CC2)c(O)c1F.Cl. The molecule has 1 aromatic rings. The minimum absolute atomic E-state index is 0. The third kappa shape index (κ3) is 2.24. The van der Waals surface area contributed by atoms with Gasteiger partial charge in [0.15, 0.2) is 11.6 Å². The highest BCUT2D eigenvalue weighted by molar-refractivity contribution is 5.85. The molecule has 0 unspecified atom stereocenters. The van der Waals surface area contributed by atoms with Crippen LogP contribution in [0.4, 0.5) is 4.39 Å². The summed E-state index contributed by atoms with van der Waals surface area (Å²) >= 11 is 0. The van der Waals surface area contributed by atoms with E-state index >= 15 is 0 Å². The number of hydrogen-bond donors (Lipinski definition) is 2. The minimum atomic E-state index is -0.543. The lowest BCUT2D eigenvalue weighted by Crippen LogP contribution is -2.13. The first kappa shape index (κ1) is 12.3. The molecule has 1 atom stereocenters. The van der Waals surface area contributed by atoms with Gasteiger partial charge in [-0.2, -0.15) is 0 Å². The van der Waals surface area contributed by atoms with Crippen LogP contribution >= 0.6 is 12.4 Å². The summed E-state index contributed by atoms with van der Waals surface area (Å²) in [6.07, 6.45) is 2.16. The number of benzene rings is 1. The molecule has 0 spiro atoms. The van der Waals surface area contributed by atoms with Gasteiger partial charge in [0.25, 0.3) is 0 Å². The smallest absolute Gasteiger partial charge is 0.168 e. The van der Waals surface area contributed by atoms with Gasteiger partial charge in [-0.05, 0) is 31.2 Å². The molecule has 0 heterocycles. The molecule has 15 heavy (non-hydrogen) atoms. The molecule has 1 aliphatic rings. The molecule has 0 bridgehead atoms. The van der Waals surface area contributed by atoms with Crippen LogP contribution in [-0.2, 0) is 0 Å². The monoisotopic (exact) mass is 231 g/mol. The zero-order valence-electron chi connectivity index (χ0n) is 8.53. The number of rotatable bonds is 2. The fourth-order valence-corrected chi connectivity index (χ4v) is 1.66. The number of aryl methyl sites for hydroxylation is 1. The lowest BCUT2D eigenvalue weighted by molar-refractivity contribution is 0.415. The van der Waals surface area contributed by atoms with E-state index in [9.17, 15) is 9.50 Å². The molecule has 4 heteroatoms. The lowest BCUT2D eigenvalue weighted by atomic mass is 10.0. The first-order valence-electron chi connectivity index (χ1n) is 4.85. The van der Waals surface area contributed by atoms with Gasteiger partial charge in [-0.25, -0.2) is 4.39 Å². The van der Waals surface area contributed by atoms with Crippen molar-refractivity contribution in [1.82, 2.24) is 0 Å². The zero-order chi connectivity index (χ0) is 10.3. The molecular formula is C11H15ClFNO.